The largest absolute Gasteiger partial charge is 0.480 e. The van der Waals surface area contributed by atoms with Gasteiger partial charge >= 0.3 is 5.97 Å². The van der Waals surface area contributed by atoms with Crippen molar-refractivity contribution in [3.05, 3.63) is 65.0 Å². The first kappa shape index (κ1) is 18.5. The predicted molar refractivity (Wildman–Crippen MR) is 102 cm³/mol. The highest BCUT2D eigenvalue weighted by Crippen LogP contribution is 2.25. The number of aliphatic carboxylic acids is 1. The van der Waals surface area contributed by atoms with E-state index in [4.69, 9.17) is 0 Å². The van der Waals surface area contributed by atoms with Crippen LogP contribution in [0.4, 0.5) is 0 Å². The fourth-order valence-corrected chi connectivity index (χ4v) is 3.60. The van der Waals surface area contributed by atoms with Crippen molar-refractivity contribution in [1.29, 1.82) is 0 Å². The van der Waals surface area contributed by atoms with Gasteiger partial charge in [0.2, 0.25) is 0 Å². The molecule has 5 heteroatoms. The zero-order chi connectivity index (χ0) is 18.5. The molecule has 26 heavy (non-hydrogen) atoms. The average Bonchev–Trinajstić information content (AvgIpc) is 2.85. The Morgan fingerprint density at radius 1 is 1.15 bits per heavy atom. The van der Waals surface area contributed by atoms with Crippen LogP contribution in [0.5, 0.6) is 0 Å². The SMILES string of the molecule is Cc1ccc(C(C(=O)O)N2CCCN(Cc3cccnc3)CC2)cc1C. The number of hydrogen-bond donors (Lipinski definition) is 1. The third-order valence-electron chi connectivity index (χ3n) is 5.20. The fraction of sp³-hybridized carbons (Fsp3) is 0.429. The molecule has 3 rings (SSSR count). The van der Waals surface area contributed by atoms with Crippen LogP contribution in [0.25, 0.3) is 0 Å². The van der Waals surface area contributed by atoms with Crippen LogP contribution in [-0.4, -0.2) is 52.0 Å². The van der Waals surface area contributed by atoms with Crippen LogP contribution in [0.2, 0.25) is 0 Å². The quantitative estimate of drug-likeness (QED) is 0.895. The summed E-state index contributed by atoms with van der Waals surface area (Å²) in [6.07, 6.45) is 4.65. The summed E-state index contributed by atoms with van der Waals surface area (Å²) in [5.41, 5.74) is 4.41. The van der Waals surface area contributed by atoms with Gasteiger partial charge in [0.25, 0.3) is 0 Å². The van der Waals surface area contributed by atoms with Gasteiger partial charge in [-0.25, -0.2) is 0 Å². The smallest absolute Gasteiger partial charge is 0.325 e. The lowest BCUT2D eigenvalue weighted by Gasteiger charge is -2.28. The molecule has 1 aromatic heterocycles. The molecule has 0 amide bonds. The molecule has 2 heterocycles. The minimum Gasteiger partial charge on any atom is -0.480 e. The van der Waals surface area contributed by atoms with Gasteiger partial charge in [0.1, 0.15) is 6.04 Å². The highest BCUT2D eigenvalue weighted by atomic mass is 16.4. The molecule has 1 atom stereocenters. The zero-order valence-electron chi connectivity index (χ0n) is 15.6. The summed E-state index contributed by atoms with van der Waals surface area (Å²) >= 11 is 0. The maximum Gasteiger partial charge on any atom is 0.325 e. The van der Waals surface area contributed by atoms with Gasteiger partial charge in [-0.05, 0) is 55.1 Å². The van der Waals surface area contributed by atoms with Crippen LogP contribution in [0.3, 0.4) is 0 Å². The van der Waals surface area contributed by atoms with Gasteiger partial charge in [-0.2, -0.15) is 0 Å². The first-order valence-electron chi connectivity index (χ1n) is 9.20. The van der Waals surface area contributed by atoms with Crippen LogP contribution in [0.1, 0.15) is 34.7 Å². The first-order valence-corrected chi connectivity index (χ1v) is 9.20. The molecule has 1 aromatic carbocycles. The van der Waals surface area contributed by atoms with Crippen LogP contribution in [0, 0.1) is 13.8 Å². The molecule has 1 N–H and O–H groups in total. The van der Waals surface area contributed by atoms with Crippen molar-refractivity contribution in [1.82, 2.24) is 14.8 Å². The maximum atomic E-state index is 12.0. The minimum atomic E-state index is -0.769. The van der Waals surface area contributed by atoms with Crippen molar-refractivity contribution in [2.24, 2.45) is 0 Å². The summed E-state index contributed by atoms with van der Waals surface area (Å²) in [6, 6.07) is 9.47. The summed E-state index contributed by atoms with van der Waals surface area (Å²) < 4.78 is 0. The van der Waals surface area contributed by atoms with E-state index in [-0.39, 0.29) is 0 Å². The second-order valence-electron chi connectivity index (χ2n) is 7.11. The molecule has 0 aliphatic carbocycles. The Morgan fingerprint density at radius 3 is 2.69 bits per heavy atom. The number of rotatable bonds is 5. The second kappa shape index (κ2) is 8.43. The van der Waals surface area contributed by atoms with E-state index in [2.05, 4.69) is 27.8 Å². The Balaban J connectivity index is 1.71. The van der Waals surface area contributed by atoms with Crippen molar-refractivity contribution in [3.63, 3.8) is 0 Å². The summed E-state index contributed by atoms with van der Waals surface area (Å²) in [7, 11) is 0. The number of aryl methyl sites for hydroxylation is 2. The average molecular weight is 353 g/mol. The number of aromatic nitrogens is 1. The molecule has 0 spiro atoms. The van der Waals surface area contributed by atoms with E-state index in [9.17, 15) is 9.90 Å². The van der Waals surface area contributed by atoms with Gasteiger partial charge in [0.15, 0.2) is 0 Å². The Bertz CT molecular complexity index is 748. The van der Waals surface area contributed by atoms with Crippen molar-refractivity contribution in [2.45, 2.75) is 32.9 Å². The lowest BCUT2D eigenvalue weighted by Crippen LogP contribution is -2.37. The Morgan fingerprint density at radius 2 is 2.00 bits per heavy atom. The number of carboxylic acids is 1. The summed E-state index contributed by atoms with van der Waals surface area (Å²) in [4.78, 5) is 20.7. The normalized spacial score (nSPS) is 17.6. The number of nitrogens with zero attached hydrogens (tertiary/aromatic N) is 3. The van der Waals surface area contributed by atoms with E-state index < -0.39 is 12.0 Å². The molecular formula is C21H27N3O2. The second-order valence-corrected chi connectivity index (χ2v) is 7.11. The number of carbonyl (C=O) groups is 1. The van der Waals surface area contributed by atoms with Gasteiger partial charge in [-0.15, -0.1) is 0 Å². The van der Waals surface area contributed by atoms with E-state index in [1.54, 1.807) is 6.20 Å². The molecule has 1 aliphatic rings. The molecule has 1 aliphatic heterocycles. The molecular weight excluding hydrogens is 326 g/mol. The number of benzene rings is 1. The van der Waals surface area contributed by atoms with Crippen molar-refractivity contribution in [3.8, 4) is 0 Å². The van der Waals surface area contributed by atoms with Crippen molar-refractivity contribution >= 4 is 5.97 Å². The van der Waals surface area contributed by atoms with Gasteiger partial charge in [0.05, 0.1) is 0 Å². The Hall–Kier alpha value is -2.24. The highest BCUT2D eigenvalue weighted by molar-refractivity contribution is 5.75. The van der Waals surface area contributed by atoms with Crippen LogP contribution >= 0.6 is 0 Å². The summed E-state index contributed by atoms with van der Waals surface area (Å²) in [5.74, 6) is -0.769. The molecule has 0 bridgehead atoms. The van der Waals surface area contributed by atoms with Gasteiger partial charge in [-0.1, -0.05) is 24.3 Å². The van der Waals surface area contributed by atoms with Crippen LogP contribution in [0.15, 0.2) is 42.7 Å². The minimum absolute atomic E-state index is 0.576. The van der Waals surface area contributed by atoms with E-state index in [0.29, 0.717) is 0 Å². The first-order chi connectivity index (χ1) is 12.5. The third kappa shape index (κ3) is 4.48. The Kier molecular flexibility index (Phi) is 6.01. The van der Waals surface area contributed by atoms with E-state index in [1.165, 1.54) is 11.1 Å². The molecule has 5 nitrogen and oxygen atoms in total. The Labute approximate surface area is 155 Å². The number of hydrogen-bond acceptors (Lipinski definition) is 4. The third-order valence-corrected chi connectivity index (χ3v) is 5.20. The lowest BCUT2D eigenvalue weighted by atomic mass is 10.00. The number of carboxylic acid groups (broad SMARTS) is 1. The highest BCUT2D eigenvalue weighted by Gasteiger charge is 2.29. The predicted octanol–water partition coefficient (Wildman–Crippen LogP) is 3.03. The molecule has 0 saturated carbocycles. The zero-order valence-corrected chi connectivity index (χ0v) is 15.6. The maximum absolute atomic E-state index is 12.0. The molecule has 1 unspecified atom stereocenters. The molecule has 1 fully saturated rings. The van der Waals surface area contributed by atoms with Crippen molar-refractivity contribution in [2.75, 3.05) is 26.2 Å². The van der Waals surface area contributed by atoms with E-state index in [1.807, 2.05) is 37.4 Å². The molecule has 138 valence electrons. The van der Waals surface area contributed by atoms with Crippen molar-refractivity contribution < 1.29 is 9.90 Å². The van der Waals surface area contributed by atoms with Crippen LogP contribution < -0.4 is 0 Å². The van der Waals surface area contributed by atoms with Gasteiger partial charge in [-0.3, -0.25) is 19.6 Å². The molecule has 2 aromatic rings. The lowest BCUT2D eigenvalue weighted by molar-refractivity contribution is -0.143. The van der Waals surface area contributed by atoms with E-state index in [0.717, 1.165) is 50.3 Å². The number of pyridine rings is 1. The standard InChI is InChI=1S/C21H27N3O2/c1-16-6-7-19(13-17(16)2)20(21(25)26)24-10-4-9-23(11-12-24)15-18-5-3-8-22-14-18/h3,5-8,13-14,20H,4,9-12,15H2,1-2H3,(H,25,26). The molecule has 1 saturated heterocycles. The van der Waals surface area contributed by atoms with Gasteiger partial charge < -0.3 is 5.11 Å². The molecule has 0 radical (unpaired) electrons. The fourth-order valence-electron chi connectivity index (χ4n) is 3.60. The summed E-state index contributed by atoms with van der Waals surface area (Å²) in [6.45, 7) is 8.35. The topological polar surface area (TPSA) is 56.7 Å². The van der Waals surface area contributed by atoms with Gasteiger partial charge in [0, 0.05) is 38.6 Å². The summed E-state index contributed by atoms with van der Waals surface area (Å²) in [5, 5.41) is 9.87. The van der Waals surface area contributed by atoms with E-state index >= 15 is 0 Å². The van der Waals surface area contributed by atoms with Crippen LogP contribution in [-0.2, 0) is 11.3 Å². The monoisotopic (exact) mass is 353 g/mol.